The van der Waals surface area contributed by atoms with Gasteiger partial charge in [-0.1, -0.05) is 6.07 Å². The molecule has 0 aliphatic rings. The minimum atomic E-state index is -0.290. The summed E-state index contributed by atoms with van der Waals surface area (Å²) in [6.45, 7) is 7.97. The number of benzene rings is 1. The van der Waals surface area contributed by atoms with Gasteiger partial charge in [0.1, 0.15) is 5.82 Å². The number of carbonyl (C=O) groups is 1. The zero-order chi connectivity index (χ0) is 14.6. The van der Waals surface area contributed by atoms with Gasteiger partial charge in [-0.25, -0.2) is 4.39 Å². The number of rotatable bonds is 4. The molecule has 0 heterocycles. The summed E-state index contributed by atoms with van der Waals surface area (Å²) in [5.74, 6) is -0.345. The van der Waals surface area contributed by atoms with Crippen LogP contribution in [0.2, 0.25) is 0 Å². The van der Waals surface area contributed by atoms with Gasteiger partial charge in [-0.3, -0.25) is 4.79 Å². The van der Waals surface area contributed by atoms with Crippen molar-refractivity contribution in [2.75, 3.05) is 6.54 Å². The lowest BCUT2D eigenvalue weighted by Gasteiger charge is -2.22. The largest absolute Gasteiger partial charge is 0.350 e. The van der Waals surface area contributed by atoms with Crippen LogP contribution in [0.5, 0.6) is 0 Å². The van der Waals surface area contributed by atoms with Crippen LogP contribution in [0.15, 0.2) is 22.7 Å². The third kappa shape index (κ3) is 5.70. The Bertz CT molecular complexity index is 457. The second-order valence-corrected chi connectivity index (χ2v) is 6.43. The van der Waals surface area contributed by atoms with Crippen molar-refractivity contribution >= 4 is 21.8 Å². The topological polar surface area (TPSA) is 41.1 Å². The lowest BCUT2D eigenvalue weighted by molar-refractivity contribution is -0.121. The van der Waals surface area contributed by atoms with Crippen molar-refractivity contribution in [3.63, 3.8) is 0 Å². The summed E-state index contributed by atoms with van der Waals surface area (Å²) >= 11 is 3.15. The predicted octanol–water partition coefficient (Wildman–Crippen LogP) is 3.15. The Hall–Kier alpha value is -0.940. The van der Waals surface area contributed by atoms with E-state index in [1.165, 1.54) is 6.07 Å². The SMILES string of the molecule is CC(NCC(=O)NC(C)(C)C)c1ccc(F)c(Br)c1. The van der Waals surface area contributed by atoms with Gasteiger partial charge in [0.2, 0.25) is 5.91 Å². The Kier molecular flexibility index (Phi) is 5.50. The maximum Gasteiger partial charge on any atom is 0.234 e. The van der Waals surface area contributed by atoms with E-state index in [9.17, 15) is 9.18 Å². The van der Waals surface area contributed by atoms with E-state index in [1.54, 1.807) is 12.1 Å². The van der Waals surface area contributed by atoms with Crippen molar-refractivity contribution in [3.8, 4) is 0 Å². The molecule has 1 unspecified atom stereocenters. The minimum Gasteiger partial charge on any atom is -0.350 e. The number of halogens is 2. The molecule has 1 rings (SSSR count). The van der Waals surface area contributed by atoms with Crippen molar-refractivity contribution in [2.24, 2.45) is 0 Å². The second kappa shape index (κ2) is 6.48. The molecule has 0 radical (unpaired) electrons. The molecule has 3 nitrogen and oxygen atoms in total. The fourth-order valence-corrected chi connectivity index (χ4v) is 2.00. The molecule has 0 fully saturated rings. The molecule has 1 amide bonds. The highest BCUT2D eigenvalue weighted by Gasteiger charge is 2.14. The quantitative estimate of drug-likeness (QED) is 0.890. The molecule has 1 atom stereocenters. The Labute approximate surface area is 122 Å². The highest BCUT2D eigenvalue weighted by atomic mass is 79.9. The fourth-order valence-electron chi connectivity index (χ4n) is 1.61. The molecule has 2 N–H and O–H groups in total. The van der Waals surface area contributed by atoms with Crippen LogP contribution >= 0.6 is 15.9 Å². The van der Waals surface area contributed by atoms with Crippen LogP contribution in [0.3, 0.4) is 0 Å². The first-order valence-electron chi connectivity index (χ1n) is 6.18. The van der Waals surface area contributed by atoms with Crippen LogP contribution in [-0.4, -0.2) is 18.0 Å². The van der Waals surface area contributed by atoms with E-state index in [-0.39, 0.29) is 29.8 Å². The van der Waals surface area contributed by atoms with Crippen LogP contribution in [0.1, 0.15) is 39.3 Å². The van der Waals surface area contributed by atoms with E-state index in [2.05, 4.69) is 26.6 Å². The van der Waals surface area contributed by atoms with Crippen molar-refractivity contribution in [2.45, 2.75) is 39.3 Å². The van der Waals surface area contributed by atoms with Crippen molar-refractivity contribution in [1.82, 2.24) is 10.6 Å². The summed E-state index contributed by atoms with van der Waals surface area (Å²) < 4.78 is 13.6. The Morgan fingerprint density at radius 3 is 2.58 bits per heavy atom. The van der Waals surface area contributed by atoms with Crippen LogP contribution < -0.4 is 10.6 Å². The zero-order valence-electron chi connectivity index (χ0n) is 11.7. The average Bonchev–Trinajstić information content (AvgIpc) is 2.27. The minimum absolute atomic E-state index is 0.0254. The Balaban J connectivity index is 2.53. The molecular weight excluding hydrogens is 311 g/mol. The molecule has 1 aromatic rings. The molecule has 0 saturated carbocycles. The van der Waals surface area contributed by atoms with Gasteiger partial charge in [-0.15, -0.1) is 0 Å². The monoisotopic (exact) mass is 330 g/mol. The Morgan fingerprint density at radius 1 is 1.42 bits per heavy atom. The van der Waals surface area contributed by atoms with E-state index in [0.717, 1.165) is 5.56 Å². The van der Waals surface area contributed by atoms with E-state index < -0.39 is 0 Å². The summed E-state index contributed by atoms with van der Waals surface area (Å²) in [6, 6.07) is 4.81. The van der Waals surface area contributed by atoms with Crippen molar-refractivity contribution in [3.05, 3.63) is 34.1 Å². The molecule has 0 aliphatic heterocycles. The fraction of sp³-hybridized carbons (Fsp3) is 0.500. The molecule has 0 bridgehead atoms. The smallest absolute Gasteiger partial charge is 0.234 e. The van der Waals surface area contributed by atoms with Gasteiger partial charge >= 0.3 is 0 Å². The Morgan fingerprint density at radius 2 is 2.05 bits per heavy atom. The van der Waals surface area contributed by atoms with Gasteiger partial charge in [0.15, 0.2) is 0 Å². The van der Waals surface area contributed by atoms with Crippen LogP contribution in [0, 0.1) is 5.82 Å². The first kappa shape index (κ1) is 16.1. The molecule has 0 aliphatic carbocycles. The normalized spacial score (nSPS) is 13.2. The number of nitrogens with one attached hydrogen (secondary N) is 2. The van der Waals surface area contributed by atoms with Crippen LogP contribution in [0.25, 0.3) is 0 Å². The van der Waals surface area contributed by atoms with E-state index in [1.807, 2.05) is 27.7 Å². The maximum atomic E-state index is 13.1. The molecule has 0 aromatic heterocycles. The van der Waals surface area contributed by atoms with E-state index in [4.69, 9.17) is 0 Å². The van der Waals surface area contributed by atoms with Gasteiger partial charge in [-0.05, 0) is 61.3 Å². The zero-order valence-corrected chi connectivity index (χ0v) is 13.3. The van der Waals surface area contributed by atoms with E-state index >= 15 is 0 Å². The summed E-state index contributed by atoms with van der Waals surface area (Å²) in [5.41, 5.74) is 0.692. The summed E-state index contributed by atoms with van der Waals surface area (Å²) in [5, 5.41) is 5.99. The molecule has 0 saturated heterocycles. The molecule has 19 heavy (non-hydrogen) atoms. The van der Waals surface area contributed by atoms with Crippen LogP contribution in [0.4, 0.5) is 4.39 Å². The van der Waals surface area contributed by atoms with Gasteiger partial charge in [-0.2, -0.15) is 0 Å². The molecule has 106 valence electrons. The molecular formula is C14H20BrFN2O. The van der Waals surface area contributed by atoms with Gasteiger partial charge in [0.05, 0.1) is 11.0 Å². The van der Waals surface area contributed by atoms with Gasteiger partial charge in [0.25, 0.3) is 0 Å². The third-order valence-electron chi connectivity index (χ3n) is 2.53. The first-order valence-corrected chi connectivity index (χ1v) is 6.97. The number of carbonyl (C=O) groups excluding carboxylic acids is 1. The van der Waals surface area contributed by atoms with Crippen molar-refractivity contribution in [1.29, 1.82) is 0 Å². The summed E-state index contributed by atoms with van der Waals surface area (Å²) in [6.07, 6.45) is 0. The third-order valence-corrected chi connectivity index (χ3v) is 3.13. The number of hydrogen-bond donors (Lipinski definition) is 2. The highest BCUT2D eigenvalue weighted by molar-refractivity contribution is 9.10. The predicted molar refractivity (Wildman–Crippen MR) is 78.4 cm³/mol. The average molecular weight is 331 g/mol. The van der Waals surface area contributed by atoms with Crippen LogP contribution in [-0.2, 0) is 4.79 Å². The molecule has 1 aromatic carbocycles. The van der Waals surface area contributed by atoms with Gasteiger partial charge in [0, 0.05) is 11.6 Å². The van der Waals surface area contributed by atoms with Gasteiger partial charge < -0.3 is 10.6 Å². The molecule has 5 heteroatoms. The number of amides is 1. The number of hydrogen-bond acceptors (Lipinski definition) is 2. The summed E-state index contributed by atoms with van der Waals surface area (Å²) in [4.78, 5) is 11.7. The standard InChI is InChI=1S/C14H20BrFN2O/c1-9(10-5-6-12(16)11(15)7-10)17-8-13(19)18-14(2,3)4/h5-7,9,17H,8H2,1-4H3,(H,18,19). The van der Waals surface area contributed by atoms with E-state index in [0.29, 0.717) is 4.47 Å². The lowest BCUT2D eigenvalue weighted by Crippen LogP contribution is -2.45. The lowest BCUT2D eigenvalue weighted by atomic mass is 10.1. The maximum absolute atomic E-state index is 13.1. The molecule has 0 spiro atoms. The second-order valence-electron chi connectivity index (χ2n) is 5.57. The first-order chi connectivity index (χ1) is 8.69. The van der Waals surface area contributed by atoms with Crippen molar-refractivity contribution < 1.29 is 9.18 Å². The summed E-state index contributed by atoms with van der Waals surface area (Å²) in [7, 11) is 0. The highest BCUT2D eigenvalue weighted by Crippen LogP contribution is 2.20.